The Morgan fingerprint density at radius 1 is 1.04 bits per heavy atom. The lowest BCUT2D eigenvalue weighted by molar-refractivity contribution is -0.669. The number of nitrogens with zero attached hydrogens (tertiary/aromatic N) is 2. The highest BCUT2D eigenvalue weighted by molar-refractivity contribution is 5.77. The third-order valence-corrected chi connectivity index (χ3v) is 3.82. The zero-order chi connectivity index (χ0) is 16.2. The minimum atomic E-state index is -0.375. The fourth-order valence-electron chi connectivity index (χ4n) is 2.70. The standard InChI is InChI=1S/C19H17N2O2/c1-2-20-17(13-11-16-7-3-4-9-19(16)20)12-10-15-6-5-8-18(14-15)21(22)23/h3-14H,2H2,1H3/q+1. The van der Waals surface area contributed by atoms with E-state index in [-0.39, 0.29) is 10.6 Å². The van der Waals surface area contributed by atoms with Crippen LogP contribution in [0.25, 0.3) is 23.1 Å². The summed E-state index contributed by atoms with van der Waals surface area (Å²) >= 11 is 0. The van der Waals surface area contributed by atoms with Gasteiger partial charge in [0.2, 0.25) is 11.2 Å². The number of nitro benzene ring substituents is 1. The molecule has 3 aromatic rings. The van der Waals surface area contributed by atoms with E-state index in [0.29, 0.717) is 0 Å². The largest absolute Gasteiger partial charge is 0.270 e. The van der Waals surface area contributed by atoms with E-state index >= 15 is 0 Å². The third kappa shape index (κ3) is 3.11. The number of hydrogen-bond donors (Lipinski definition) is 0. The van der Waals surface area contributed by atoms with Gasteiger partial charge in [0.05, 0.1) is 4.92 Å². The van der Waals surface area contributed by atoms with Gasteiger partial charge in [0.25, 0.3) is 5.69 Å². The summed E-state index contributed by atoms with van der Waals surface area (Å²) in [5, 5.41) is 12.0. The number of rotatable bonds is 4. The lowest BCUT2D eigenvalue weighted by atomic mass is 10.1. The quantitative estimate of drug-likeness (QED) is 0.411. The fourth-order valence-corrected chi connectivity index (χ4v) is 2.70. The minimum Gasteiger partial charge on any atom is -0.258 e. The molecule has 0 aliphatic heterocycles. The van der Waals surface area contributed by atoms with E-state index in [1.807, 2.05) is 30.4 Å². The normalized spacial score (nSPS) is 11.2. The molecule has 0 saturated carbocycles. The van der Waals surface area contributed by atoms with Crippen molar-refractivity contribution in [2.75, 3.05) is 0 Å². The van der Waals surface area contributed by atoms with Crippen LogP contribution in [0.2, 0.25) is 0 Å². The number of hydrogen-bond acceptors (Lipinski definition) is 2. The summed E-state index contributed by atoms with van der Waals surface area (Å²) < 4.78 is 2.23. The summed E-state index contributed by atoms with van der Waals surface area (Å²) in [6, 6.07) is 19.1. The zero-order valence-electron chi connectivity index (χ0n) is 12.8. The number of fused-ring (bicyclic) bond motifs is 1. The van der Waals surface area contributed by atoms with E-state index in [0.717, 1.165) is 17.8 Å². The number of aryl methyl sites for hydroxylation is 1. The van der Waals surface area contributed by atoms with Gasteiger partial charge in [0.15, 0.2) is 0 Å². The number of nitro groups is 1. The van der Waals surface area contributed by atoms with Crippen LogP contribution >= 0.6 is 0 Å². The van der Waals surface area contributed by atoms with Crippen molar-refractivity contribution < 1.29 is 9.49 Å². The second kappa shape index (κ2) is 6.40. The maximum absolute atomic E-state index is 10.9. The third-order valence-electron chi connectivity index (χ3n) is 3.82. The SMILES string of the molecule is CC[n+]1c(C=Cc2cccc([N+](=O)[O-])c2)ccc2ccccc21. The van der Waals surface area contributed by atoms with Crippen molar-refractivity contribution >= 4 is 28.7 Å². The zero-order valence-corrected chi connectivity index (χ0v) is 12.8. The Bertz CT molecular complexity index is 901. The van der Waals surface area contributed by atoms with E-state index in [2.05, 4.69) is 35.8 Å². The van der Waals surface area contributed by atoms with Crippen LogP contribution < -0.4 is 4.57 Å². The van der Waals surface area contributed by atoms with Crippen molar-refractivity contribution in [2.24, 2.45) is 0 Å². The summed E-state index contributed by atoms with van der Waals surface area (Å²) in [6.07, 6.45) is 3.90. The molecule has 0 fully saturated rings. The van der Waals surface area contributed by atoms with Crippen LogP contribution in [0.4, 0.5) is 5.69 Å². The summed E-state index contributed by atoms with van der Waals surface area (Å²) in [4.78, 5) is 10.5. The summed E-state index contributed by atoms with van der Waals surface area (Å²) in [7, 11) is 0. The molecule has 3 rings (SSSR count). The van der Waals surface area contributed by atoms with Gasteiger partial charge in [-0.25, -0.2) is 0 Å². The molecule has 0 amide bonds. The Kier molecular flexibility index (Phi) is 4.15. The maximum Gasteiger partial charge on any atom is 0.270 e. The van der Waals surface area contributed by atoms with Gasteiger partial charge in [-0.15, -0.1) is 0 Å². The molecule has 4 heteroatoms. The van der Waals surface area contributed by atoms with Gasteiger partial charge in [0, 0.05) is 35.7 Å². The predicted molar refractivity (Wildman–Crippen MR) is 91.8 cm³/mol. The Morgan fingerprint density at radius 2 is 1.87 bits per heavy atom. The molecule has 0 unspecified atom stereocenters. The van der Waals surface area contributed by atoms with Crippen molar-refractivity contribution in [2.45, 2.75) is 13.5 Å². The van der Waals surface area contributed by atoms with Crippen LogP contribution in [0.3, 0.4) is 0 Å². The van der Waals surface area contributed by atoms with Crippen LogP contribution in [0.5, 0.6) is 0 Å². The lowest BCUT2D eigenvalue weighted by Gasteiger charge is -2.02. The van der Waals surface area contributed by atoms with Gasteiger partial charge in [-0.1, -0.05) is 24.3 Å². The van der Waals surface area contributed by atoms with Gasteiger partial charge in [-0.2, -0.15) is 4.57 Å². The first-order valence-corrected chi connectivity index (χ1v) is 7.53. The molecule has 0 radical (unpaired) electrons. The Balaban J connectivity index is 2.01. The summed E-state index contributed by atoms with van der Waals surface area (Å²) in [5.41, 5.74) is 3.16. The van der Waals surface area contributed by atoms with E-state index in [1.54, 1.807) is 12.1 Å². The number of para-hydroxylation sites is 1. The molecule has 2 aromatic carbocycles. The van der Waals surface area contributed by atoms with Gasteiger partial charge >= 0.3 is 0 Å². The second-order valence-electron chi connectivity index (χ2n) is 5.25. The van der Waals surface area contributed by atoms with Crippen molar-refractivity contribution in [1.82, 2.24) is 0 Å². The predicted octanol–water partition coefficient (Wildman–Crippen LogP) is 4.23. The molecule has 0 N–H and O–H groups in total. The molecule has 4 nitrogen and oxygen atoms in total. The maximum atomic E-state index is 10.9. The molecule has 0 aliphatic rings. The average molecular weight is 305 g/mol. The van der Waals surface area contributed by atoms with Crippen molar-refractivity contribution in [3.63, 3.8) is 0 Å². The number of benzene rings is 2. The lowest BCUT2D eigenvalue weighted by Crippen LogP contribution is -2.36. The molecule has 0 saturated heterocycles. The van der Waals surface area contributed by atoms with Crippen molar-refractivity contribution in [3.8, 4) is 0 Å². The molecule has 1 aromatic heterocycles. The van der Waals surface area contributed by atoms with Crippen LogP contribution in [-0.4, -0.2) is 4.92 Å². The molecule has 0 spiro atoms. The molecule has 0 aliphatic carbocycles. The van der Waals surface area contributed by atoms with Crippen LogP contribution in [0, 0.1) is 10.1 Å². The number of non-ortho nitro benzene ring substituents is 1. The average Bonchev–Trinajstić information content (AvgIpc) is 2.59. The van der Waals surface area contributed by atoms with E-state index < -0.39 is 0 Å². The van der Waals surface area contributed by atoms with Crippen LogP contribution in [-0.2, 0) is 6.54 Å². The Labute approximate surface area is 134 Å². The van der Waals surface area contributed by atoms with E-state index in [4.69, 9.17) is 0 Å². The molecule has 0 atom stereocenters. The molecular formula is C19H17N2O2+. The molecule has 1 heterocycles. The van der Waals surface area contributed by atoms with E-state index in [9.17, 15) is 10.1 Å². The van der Waals surface area contributed by atoms with Crippen molar-refractivity contribution in [3.05, 3.63) is 82.0 Å². The van der Waals surface area contributed by atoms with Gasteiger partial charge in [-0.3, -0.25) is 10.1 Å². The van der Waals surface area contributed by atoms with Gasteiger partial charge < -0.3 is 0 Å². The van der Waals surface area contributed by atoms with Crippen molar-refractivity contribution in [1.29, 1.82) is 0 Å². The molecule has 114 valence electrons. The monoisotopic (exact) mass is 305 g/mol. The van der Waals surface area contributed by atoms with Gasteiger partial charge in [-0.05, 0) is 30.7 Å². The Morgan fingerprint density at radius 3 is 2.65 bits per heavy atom. The second-order valence-corrected chi connectivity index (χ2v) is 5.25. The first-order chi connectivity index (χ1) is 11.2. The molecule has 0 bridgehead atoms. The fraction of sp³-hybridized carbons (Fsp3) is 0.105. The topological polar surface area (TPSA) is 47.0 Å². The summed E-state index contributed by atoms with van der Waals surface area (Å²) in [5.74, 6) is 0. The number of pyridine rings is 1. The highest BCUT2D eigenvalue weighted by atomic mass is 16.6. The number of aromatic nitrogens is 1. The first-order valence-electron chi connectivity index (χ1n) is 7.53. The highest BCUT2D eigenvalue weighted by Gasteiger charge is 2.11. The van der Waals surface area contributed by atoms with E-state index in [1.165, 1.54) is 17.0 Å². The smallest absolute Gasteiger partial charge is 0.258 e. The minimum absolute atomic E-state index is 0.106. The summed E-state index contributed by atoms with van der Waals surface area (Å²) in [6.45, 7) is 2.97. The Hall–Kier alpha value is -3.01. The van der Waals surface area contributed by atoms with Crippen LogP contribution in [0.1, 0.15) is 18.2 Å². The molecular weight excluding hydrogens is 288 g/mol. The first kappa shape index (κ1) is 14.9. The highest BCUT2D eigenvalue weighted by Crippen LogP contribution is 2.16. The van der Waals surface area contributed by atoms with Crippen LogP contribution in [0.15, 0.2) is 60.7 Å². The van der Waals surface area contributed by atoms with Gasteiger partial charge in [0.1, 0.15) is 6.54 Å². The molecule has 23 heavy (non-hydrogen) atoms.